The lowest BCUT2D eigenvalue weighted by molar-refractivity contribution is -0.305. The monoisotopic (exact) mass is 726 g/mol. The second-order valence-electron chi connectivity index (χ2n) is 12.3. The summed E-state index contributed by atoms with van der Waals surface area (Å²) in [4.78, 5) is 12.6. The summed E-state index contributed by atoms with van der Waals surface area (Å²) in [5.41, 5.74) is 0. The van der Waals surface area contributed by atoms with Crippen molar-refractivity contribution in [3.8, 4) is 0 Å². The van der Waals surface area contributed by atoms with Crippen LogP contribution in [-0.2, 0) is 23.7 Å². The van der Waals surface area contributed by atoms with Crippen LogP contribution in [0.1, 0.15) is 90.9 Å². The van der Waals surface area contributed by atoms with E-state index >= 15 is 0 Å². The van der Waals surface area contributed by atoms with Crippen molar-refractivity contribution in [2.24, 2.45) is 0 Å². The van der Waals surface area contributed by atoms with E-state index in [9.17, 15) is 25.2 Å². The SMILES string of the molecule is CC/C=C\C/C=C\C/C=C\C/C=C\C/C=C\CCOCC(COC1OC(CO)C(O)C(O)C1O)OC(=O)CC/C=C\C/C=C\C/C=C\C/C=C\CC. The fourth-order valence-corrected chi connectivity index (χ4v) is 4.80. The molecule has 6 unspecified atom stereocenters. The Bertz CT molecular complexity index is 1150. The van der Waals surface area contributed by atoms with Crippen molar-refractivity contribution >= 4 is 5.97 Å². The zero-order valence-electron chi connectivity index (χ0n) is 31.5. The van der Waals surface area contributed by atoms with Crippen LogP contribution in [0.25, 0.3) is 0 Å². The molecule has 6 atom stereocenters. The van der Waals surface area contributed by atoms with Crippen molar-refractivity contribution in [2.75, 3.05) is 26.4 Å². The summed E-state index contributed by atoms with van der Waals surface area (Å²) in [6, 6.07) is 0. The van der Waals surface area contributed by atoms with Crippen molar-refractivity contribution in [3.05, 3.63) is 109 Å². The molecule has 1 fully saturated rings. The van der Waals surface area contributed by atoms with E-state index in [1.807, 2.05) is 18.2 Å². The van der Waals surface area contributed by atoms with Crippen molar-refractivity contribution in [3.63, 3.8) is 0 Å². The van der Waals surface area contributed by atoms with E-state index in [0.29, 0.717) is 19.4 Å². The van der Waals surface area contributed by atoms with E-state index in [1.54, 1.807) is 0 Å². The van der Waals surface area contributed by atoms with E-state index in [-0.39, 0.29) is 19.6 Å². The van der Waals surface area contributed by atoms with Gasteiger partial charge in [0.15, 0.2) is 6.29 Å². The van der Waals surface area contributed by atoms with Crippen molar-refractivity contribution in [1.29, 1.82) is 0 Å². The van der Waals surface area contributed by atoms with Crippen LogP contribution in [0, 0.1) is 0 Å². The van der Waals surface area contributed by atoms with Gasteiger partial charge in [-0.1, -0.05) is 123 Å². The molecular weight excluding hydrogens is 660 g/mol. The fraction of sp³-hybridized carbons (Fsp3) is 0.558. The maximum absolute atomic E-state index is 12.6. The molecule has 0 spiro atoms. The number of aliphatic hydroxyl groups is 4. The Kier molecular flexibility index (Phi) is 30.3. The van der Waals surface area contributed by atoms with E-state index in [1.165, 1.54) is 0 Å². The van der Waals surface area contributed by atoms with Crippen LogP contribution in [0.2, 0.25) is 0 Å². The largest absolute Gasteiger partial charge is 0.457 e. The molecule has 292 valence electrons. The average molecular weight is 727 g/mol. The molecule has 1 heterocycles. The van der Waals surface area contributed by atoms with Crippen molar-refractivity contribution in [1.82, 2.24) is 0 Å². The van der Waals surface area contributed by atoms with Crippen LogP contribution in [0.3, 0.4) is 0 Å². The van der Waals surface area contributed by atoms with Crippen LogP contribution in [0.5, 0.6) is 0 Å². The first kappa shape index (κ1) is 46.9. The molecule has 1 rings (SSSR count). The van der Waals surface area contributed by atoms with Gasteiger partial charge in [-0.3, -0.25) is 4.79 Å². The Labute approximate surface area is 313 Å². The number of allylic oxidation sites excluding steroid dienone is 17. The number of hydrogen-bond acceptors (Lipinski definition) is 9. The molecule has 0 aromatic heterocycles. The van der Waals surface area contributed by atoms with E-state index in [0.717, 1.165) is 57.8 Å². The molecule has 0 bridgehead atoms. The first-order valence-electron chi connectivity index (χ1n) is 19.0. The van der Waals surface area contributed by atoms with E-state index < -0.39 is 49.4 Å². The van der Waals surface area contributed by atoms with Gasteiger partial charge in [-0.15, -0.1) is 0 Å². The molecule has 52 heavy (non-hydrogen) atoms. The van der Waals surface area contributed by atoms with Crippen molar-refractivity contribution in [2.45, 2.75) is 128 Å². The Morgan fingerprint density at radius 1 is 0.596 bits per heavy atom. The number of aliphatic hydroxyl groups excluding tert-OH is 4. The van der Waals surface area contributed by atoms with Crippen LogP contribution in [-0.4, -0.2) is 89.6 Å². The van der Waals surface area contributed by atoms with Gasteiger partial charge in [-0.2, -0.15) is 0 Å². The highest BCUT2D eigenvalue weighted by molar-refractivity contribution is 5.69. The quantitative estimate of drug-likeness (QED) is 0.0352. The average Bonchev–Trinajstić information content (AvgIpc) is 3.14. The third-order valence-electron chi connectivity index (χ3n) is 7.72. The normalized spacial score (nSPS) is 22.5. The number of rotatable bonds is 29. The molecule has 0 saturated carbocycles. The first-order chi connectivity index (χ1) is 25.4. The number of carbonyl (C=O) groups excluding carboxylic acids is 1. The number of ether oxygens (including phenoxy) is 4. The predicted molar refractivity (Wildman–Crippen MR) is 209 cm³/mol. The van der Waals surface area contributed by atoms with Gasteiger partial charge < -0.3 is 39.4 Å². The fourth-order valence-electron chi connectivity index (χ4n) is 4.80. The summed E-state index contributed by atoms with van der Waals surface area (Å²) >= 11 is 0. The highest BCUT2D eigenvalue weighted by Gasteiger charge is 2.44. The number of carbonyl (C=O) groups is 1. The summed E-state index contributed by atoms with van der Waals surface area (Å²) < 4.78 is 22.5. The van der Waals surface area contributed by atoms with Gasteiger partial charge in [-0.25, -0.2) is 0 Å². The van der Waals surface area contributed by atoms with Crippen LogP contribution in [0.4, 0.5) is 0 Å². The Morgan fingerprint density at radius 3 is 1.50 bits per heavy atom. The molecule has 0 amide bonds. The van der Waals surface area contributed by atoms with Crippen LogP contribution in [0.15, 0.2) is 109 Å². The van der Waals surface area contributed by atoms with E-state index in [2.05, 4.69) is 105 Å². The number of hydrogen-bond donors (Lipinski definition) is 4. The minimum atomic E-state index is -1.57. The van der Waals surface area contributed by atoms with Gasteiger partial charge in [-0.05, 0) is 70.6 Å². The highest BCUT2D eigenvalue weighted by Crippen LogP contribution is 2.22. The lowest BCUT2D eigenvalue weighted by atomic mass is 9.99. The number of esters is 1. The highest BCUT2D eigenvalue weighted by atomic mass is 16.7. The molecule has 0 aliphatic carbocycles. The molecule has 0 radical (unpaired) electrons. The predicted octanol–water partition coefficient (Wildman–Crippen LogP) is 7.46. The second-order valence-corrected chi connectivity index (χ2v) is 12.3. The lowest BCUT2D eigenvalue weighted by Gasteiger charge is -2.39. The molecule has 1 aliphatic heterocycles. The molecule has 0 aromatic rings. The van der Waals surface area contributed by atoms with Gasteiger partial charge in [0, 0.05) is 6.42 Å². The molecular formula is C43H66O9. The summed E-state index contributed by atoms with van der Waals surface area (Å²) in [5, 5.41) is 39.9. The van der Waals surface area contributed by atoms with Gasteiger partial charge in [0.05, 0.1) is 26.4 Å². The van der Waals surface area contributed by atoms with Crippen LogP contribution >= 0.6 is 0 Å². The minimum absolute atomic E-state index is 0.0534. The third-order valence-corrected chi connectivity index (χ3v) is 7.72. The zero-order chi connectivity index (χ0) is 37.9. The Balaban J connectivity index is 2.46. The Morgan fingerprint density at radius 2 is 1.04 bits per heavy atom. The molecule has 4 N–H and O–H groups in total. The summed E-state index contributed by atoms with van der Waals surface area (Å²) in [7, 11) is 0. The van der Waals surface area contributed by atoms with Gasteiger partial charge >= 0.3 is 5.97 Å². The van der Waals surface area contributed by atoms with Gasteiger partial charge in [0.1, 0.15) is 30.5 Å². The molecule has 1 saturated heterocycles. The van der Waals surface area contributed by atoms with Crippen molar-refractivity contribution < 1.29 is 44.2 Å². The zero-order valence-corrected chi connectivity index (χ0v) is 31.5. The first-order valence-corrected chi connectivity index (χ1v) is 19.0. The standard InChI is InChI=1S/C43H66O9/c1-3-5-7-9-11-13-15-17-18-19-21-23-25-27-29-31-33-49-35-37(36-50-43-42(48)41(47)40(46)38(34-44)52-43)51-39(45)32-30-28-26-24-22-20-16-14-12-10-8-6-4-2/h5-8,11-14,17-18,20-23,26-29,37-38,40-44,46-48H,3-4,9-10,15-16,19,24-25,30-36H2,1-2H3/b7-5-,8-6-,13-11-,14-12-,18-17-,22-20-,23-21-,28-26-,29-27-. The summed E-state index contributed by atoms with van der Waals surface area (Å²) in [5.74, 6) is -0.425. The van der Waals surface area contributed by atoms with Crippen LogP contribution < -0.4 is 0 Å². The maximum Gasteiger partial charge on any atom is 0.306 e. The Hall–Kier alpha value is -3.15. The summed E-state index contributed by atoms with van der Waals surface area (Å²) in [6.07, 6.45) is 40.1. The molecule has 9 heteroatoms. The smallest absolute Gasteiger partial charge is 0.306 e. The minimum Gasteiger partial charge on any atom is -0.457 e. The second kappa shape index (κ2) is 33.7. The molecule has 0 aromatic carbocycles. The lowest BCUT2D eigenvalue weighted by Crippen LogP contribution is -2.59. The third kappa shape index (κ3) is 24.9. The topological polar surface area (TPSA) is 135 Å². The van der Waals surface area contributed by atoms with E-state index in [4.69, 9.17) is 18.9 Å². The molecule has 1 aliphatic rings. The maximum atomic E-state index is 12.6. The molecule has 9 nitrogen and oxygen atoms in total. The summed E-state index contributed by atoms with van der Waals surface area (Å²) in [6.45, 7) is 3.96. The van der Waals surface area contributed by atoms with Gasteiger partial charge in [0.2, 0.25) is 0 Å². The van der Waals surface area contributed by atoms with Gasteiger partial charge in [0.25, 0.3) is 0 Å².